The van der Waals surface area contributed by atoms with Crippen LogP contribution in [0.25, 0.3) is 0 Å². The molecule has 0 radical (unpaired) electrons. The minimum Gasteiger partial charge on any atom is -0.309 e. The summed E-state index contributed by atoms with van der Waals surface area (Å²) in [5.41, 5.74) is 0.140. The topological polar surface area (TPSA) is 77.4 Å². The van der Waals surface area contributed by atoms with Crippen molar-refractivity contribution in [2.24, 2.45) is 5.41 Å². The van der Waals surface area contributed by atoms with E-state index in [9.17, 15) is 0 Å². The summed E-state index contributed by atoms with van der Waals surface area (Å²) in [6, 6.07) is 2.18. The number of hydrogen-bond donors (Lipinski definition) is 2. The van der Waals surface area contributed by atoms with E-state index in [1.54, 1.807) is 0 Å². The Balaban J connectivity index is 2.27. The van der Waals surface area contributed by atoms with Gasteiger partial charge in [0.1, 0.15) is 5.82 Å². The molecule has 1 aromatic heterocycles. The summed E-state index contributed by atoms with van der Waals surface area (Å²) in [5.74, 6) is 1.62. The van der Waals surface area contributed by atoms with Crippen molar-refractivity contribution in [3.05, 3.63) is 11.6 Å². The fourth-order valence-electron chi connectivity index (χ4n) is 1.46. The van der Waals surface area contributed by atoms with Gasteiger partial charge in [-0.25, -0.2) is 4.98 Å². The first-order valence-corrected chi connectivity index (χ1v) is 5.49. The molecule has 16 heavy (non-hydrogen) atoms. The molecule has 0 bridgehead atoms. The van der Waals surface area contributed by atoms with E-state index in [4.69, 9.17) is 5.26 Å². The van der Waals surface area contributed by atoms with Crippen LogP contribution in [0.1, 0.15) is 38.3 Å². The van der Waals surface area contributed by atoms with Crippen LogP contribution in [-0.4, -0.2) is 21.7 Å². The second-order valence-corrected chi connectivity index (χ2v) is 4.76. The molecule has 0 aliphatic heterocycles. The Bertz CT molecular complexity index is 361. The maximum absolute atomic E-state index is 8.54. The van der Waals surface area contributed by atoms with Gasteiger partial charge in [-0.15, -0.1) is 0 Å². The number of rotatable bonds is 6. The van der Waals surface area contributed by atoms with Crippen LogP contribution in [0.15, 0.2) is 0 Å². The number of nitriles is 1. The van der Waals surface area contributed by atoms with E-state index >= 15 is 0 Å². The van der Waals surface area contributed by atoms with E-state index in [-0.39, 0.29) is 5.41 Å². The molecule has 0 aliphatic rings. The number of aromatic nitrogens is 3. The van der Waals surface area contributed by atoms with Crippen molar-refractivity contribution in [2.75, 3.05) is 6.54 Å². The highest BCUT2D eigenvalue weighted by molar-refractivity contribution is 4.87. The van der Waals surface area contributed by atoms with E-state index in [1.807, 2.05) is 6.92 Å². The van der Waals surface area contributed by atoms with Crippen molar-refractivity contribution in [1.82, 2.24) is 20.5 Å². The Kier molecular flexibility index (Phi) is 4.44. The summed E-state index contributed by atoms with van der Waals surface area (Å²) < 4.78 is 0. The van der Waals surface area contributed by atoms with Crippen LogP contribution >= 0.6 is 0 Å². The van der Waals surface area contributed by atoms with Crippen LogP contribution in [0.2, 0.25) is 0 Å². The molecule has 0 aliphatic carbocycles. The molecule has 0 spiro atoms. The van der Waals surface area contributed by atoms with Gasteiger partial charge in [-0.2, -0.15) is 10.4 Å². The van der Waals surface area contributed by atoms with Crippen LogP contribution < -0.4 is 5.32 Å². The molecule has 0 fully saturated rings. The molecule has 5 heteroatoms. The summed E-state index contributed by atoms with van der Waals surface area (Å²) in [6.07, 6.45) is 1.51. The molecule has 0 atom stereocenters. The minimum absolute atomic E-state index is 0.140. The number of H-pyrrole nitrogens is 1. The van der Waals surface area contributed by atoms with Crippen LogP contribution in [0.3, 0.4) is 0 Å². The first kappa shape index (κ1) is 12.7. The maximum Gasteiger partial charge on any atom is 0.164 e. The number of hydrogen-bond acceptors (Lipinski definition) is 4. The largest absolute Gasteiger partial charge is 0.309 e. The van der Waals surface area contributed by atoms with Crippen LogP contribution in [0.4, 0.5) is 0 Å². The molecule has 1 rings (SSSR count). The average molecular weight is 221 g/mol. The monoisotopic (exact) mass is 221 g/mol. The predicted octanol–water partition coefficient (Wildman–Crippen LogP) is 1.53. The number of nitrogens with zero attached hydrogens (tertiary/aromatic N) is 3. The lowest BCUT2D eigenvalue weighted by atomic mass is 9.88. The number of nitrogens with one attached hydrogen (secondary N) is 2. The molecule has 0 saturated carbocycles. The minimum atomic E-state index is 0.140. The normalized spacial score (nSPS) is 11.4. The third-order valence-electron chi connectivity index (χ3n) is 2.44. The summed E-state index contributed by atoms with van der Waals surface area (Å²) in [5, 5.41) is 18.7. The molecule has 1 aromatic rings. The quantitative estimate of drug-likeness (QED) is 0.763. The molecular weight excluding hydrogens is 202 g/mol. The molecule has 0 saturated heterocycles. The first-order valence-electron chi connectivity index (χ1n) is 5.49. The second-order valence-electron chi connectivity index (χ2n) is 4.76. The van der Waals surface area contributed by atoms with Gasteiger partial charge in [0.25, 0.3) is 0 Å². The van der Waals surface area contributed by atoms with E-state index in [1.165, 1.54) is 0 Å². The summed E-state index contributed by atoms with van der Waals surface area (Å²) in [7, 11) is 0. The van der Waals surface area contributed by atoms with Gasteiger partial charge in [0.05, 0.1) is 12.6 Å². The maximum atomic E-state index is 8.54. The lowest BCUT2D eigenvalue weighted by Gasteiger charge is -2.23. The number of aryl methyl sites for hydroxylation is 1. The van der Waals surface area contributed by atoms with Gasteiger partial charge in [0.15, 0.2) is 5.82 Å². The van der Waals surface area contributed by atoms with Crippen molar-refractivity contribution in [1.29, 1.82) is 5.26 Å². The molecule has 2 N–H and O–H groups in total. The number of aromatic amines is 1. The van der Waals surface area contributed by atoms with Gasteiger partial charge in [-0.05, 0) is 18.8 Å². The van der Waals surface area contributed by atoms with Gasteiger partial charge in [0, 0.05) is 13.0 Å². The van der Waals surface area contributed by atoms with Crippen LogP contribution in [0.5, 0.6) is 0 Å². The van der Waals surface area contributed by atoms with Gasteiger partial charge < -0.3 is 5.32 Å². The van der Waals surface area contributed by atoms with Crippen molar-refractivity contribution >= 4 is 0 Å². The average Bonchev–Trinajstić information content (AvgIpc) is 2.61. The lowest BCUT2D eigenvalue weighted by Crippen LogP contribution is -2.29. The zero-order valence-corrected chi connectivity index (χ0v) is 10.2. The van der Waals surface area contributed by atoms with Crippen LogP contribution in [0, 0.1) is 23.7 Å². The zero-order valence-electron chi connectivity index (χ0n) is 10.2. The van der Waals surface area contributed by atoms with Crippen LogP contribution in [-0.2, 0) is 6.54 Å². The third kappa shape index (κ3) is 4.41. The van der Waals surface area contributed by atoms with Gasteiger partial charge >= 0.3 is 0 Å². The second kappa shape index (κ2) is 5.61. The Morgan fingerprint density at radius 2 is 2.25 bits per heavy atom. The Hall–Kier alpha value is -1.41. The van der Waals surface area contributed by atoms with E-state index < -0.39 is 0 Å². The molecule has 1 heterocycles. The molecule has 0 unspecified atom stereocenters. The van der Waals surface area contributed by atoms with Crippen molar-refractivity contribution in [3.8, 4) is 6.07 Å². The van der Waals surface area contributed by atoms with E-state index in [0.29, 0.717) is 13.0 Å². The smallest absolute Gasteiger partial charge is 0.164 e. The Labute approximate surface area is 96.3 Å². The first-order chi connectivity index (χ1) is 7.53. The summed E-state index contributed by atoms with van der Waals surface area (Å²) >= 11 is 0. The summed E-state index contributed by atoms with van der Waals surface area (Å²) in [4.78, 5) is 4.21. The summed E-state index contributed by atoms with van der Waals surface area (Å²) in [6.45, 7) is 7.72. The van der Waals surface area contributed by atoms with Crippen molar-refractivity contribution in [3.63, 3.8) is 0 Å². The van der Waals surface area contributed by atoms with E-state index in [2.05, 4.69) is 40.4 Å². The highest BCUT2D eigenvalue weighted by atomic mass is 15.2. The fourth-order valence-corrected chi connectivity index (χ4v) is 1.46. The van der Waals surface area contributed by atoms with Crippen molar-refractivity contribution in [2.45, 2.75) is 40.2 Å². The Morgan fingerprint density at radius 1 is 1.50 bits per heavy atom. The third-order valence-corrected chi connectivity index (χ3v) is 2.44. The van der Waals surface area contributed by atoms with Gasteiger partial charge in [-0.3, -0.25) is 5.10 Å². The predicted molar refractivity (Wildman–Crippen MR) is 61.5 cm³/mol. The zero-order chi connectivity index (χ0) is 12.0. The SMILES string of the molecule is Cc1nc(CNCC(C)(C)CCC#N)n[nH]1. The molecule has 5 nitrogen and oxygen atoms in total. The molecular formula is C11H19N5. The molecule has 0 amide bonds. The van der Waals surface area contributed by atoms with Gasteiger partial charge in [-0.1, -0.05) is 13.8 Å². The van der Waals surface area contributed by atoms with E-state index in [0.717, 1.165) is 24.6 Å². The highest BCUT2D eigenvalue weighted by Crippen LogP contribution is 2.20. The highest BCUT2D eigenvalue weighted by Gasteiger charge is 2.16. The standard InChI is InChI=1S/C11H19N5/c1-9-14-10(16-15-9)7-13-8-11(2,3)5-4-6-12/h13H,4-5,7-8H2,1-3H3,(H,14,15,16). The lowest BCUT2D eigenvalue weighted by molar-refractivity contribution is 0.316. The molecule has 88 valence electrons. The molecule has 0 aromatic carbocycles. The van der Waals surface area contributed by atoms with Crippen molar-refractivity contribution < 1.29 is 0 Å². The Morgan fingerprint density at radius 3 is 2.81 bits per heavy atom. The van der Waals surface area contributed by atoms with Gasteiger partial charge in [0.2, 0.25) is 0 Å². The fraction of sp³-hybridized carbons (Fsp3) is 0.727.